The predicted molar refractivity (Wildman–Crippen MR) is 170 cm³/mol. The molecule has 0 N–H and O–H groups in total. The Morgan fingerprint density at radius 3 is 1.40 bits per heavy atom. The number of rotatable bonds is 12. The summed E-state index contributed by atoms with van der Waals surface area (Å²) in [6.07, 6.45) is 6.28. The van der Waals surface area contributed by atoms with Crippen LogP contribution in [0.4, 0.5) is 0 Å². The Morgan fingerprint density at radius 1 is 0.450 bits per heavy atom. The lowest BCUT2D eigenvalue weighted by Crippen LogP contribution is -2.46. The minimum atomic E-state index is 0.502. The molecule has 0 bridgehead atoms. The molecule has 0 spiro atoms. The average molecular weight is 530 g/mol. The first-order valence-electron chi connectivity index (χ1n) is 15.4. The number of benzene rings is 4. The average Bonchev–Trinajstić information content (AvgIpc) is 3.34. The van der Waals surface area contributed by atoms with E-state index in [0.29, 0.717) is 5.92 Å². The number of aryl methyl sites for hydroxylation is 1. The third-order valence-corrected chi connectivity index (χ3v) is 8.87. The molecule has 0 radical (unpaired) electrons. The van der Waals surface area contributed by atoms with Gasteiger partial charge >= 0.3 is 0 Å². The van der Waals surface area contributed by atoms with Gasteiger partial charge in [0.2, 0.25) is 0 Å². The van der Waals surface area contributed by atoms with Crippen molar-refractivity contribution < 1.29 is 0 Å². The summed E-state index contributed by atoms with van der Waals surface area (Å²) in [4.78, 5) is 5.37. The van der Waals surface area contributed by atoms with Gasteiger partial charge in [0.1, 0.15) is 0 Å². The number of hydrogen-bond acceptors (Lipinski definition) is 2. The molecule has 1 aromatic heterocycles. The molecular weight excluding hydrogens is 486 g/mol. The topological polar surface area (TPSA) is 11.4 Å². The monoisotopic (exact) mass is 529 g/mol. The van der Waals surface area contributed by atoms with E-state index in [4.69, 9.17) is 0 Å². The lowest BCUT2D eigenvalue weighted by atomic mass is 9.87. The molecule has 4 aromatic carbocycles. The van der Waals surface area contributed by atoms with E-state index < -0.39 is 0 Å². The molecule has 0 unspecified atom stereocenters. The van der Waals surface area contributed by atoms with Crippen molar-refractivity contribution in [1.29, 1.82) is 0 Å². The van der Waals surface area contributed by atoms with Crippen molar-refractivity contribution in [2.24, 2.45) is 0 Å². The van der Waals surface area contributed by atoms with E-state index in [9.17, 15) is 0 Å². The van der Waals surface area contributed by atoms with Gasteiger partial charge in [-0.1, -0.05) is 103 Å². The molecule has 5 aromatic rings. The van der Waals surface area contributed by atoms with Gasteiger partial charge < -0.3 is 14.4 Å². The Morgan fingerprint density at radius 2 is 0.875 bits per heavy atom. The molecule has 206 valence electrons. The third kappa shape index (κ3) is 6.32. The molecule has 1 fully saturated rings. The Labute approximate surface area is 240 Å². The number of nitrogens with zero attached hydrogens (tertiary/aromatic N) is 3. The van der Waals surface area contributed by atoms with E-state index in [1.807, 2.05) is 0 Å². The number of para-hydroxylation sites is 2. The highest BCUT2D eigenvalue weighted by Gasteiger charge is 2.18. The maximum Gasteiger partial charge on any atom is 0.0491 e. The lowest BCUT2D eigenvalue weighted by molar-refractivity contribution is 0.129. The molecule has 0 saturated carbocycles. The highest BCUT2D eigenvalue weighted by atomic mass is 15.3. The standard InChI is InChI=1S/C37H43N3/c1-3-15-31(16-4-1)33(32-17-5-2-6-18-32)19-11-12-24-38-27-29-39(30-28-38)25-13-14-26-40-36-22-9-7-20-34(36)35-21-8-10-23-37(35)40/h1-10,15-18,20-23,33H,11-14,19,24-30H2. The first kappa shape index (κ1) is 26.8. The van der Waals surface area contributed by atoms with Gasteiger partial charge in [-0.3, -0.25) is 0 Å². The van der Waals surface area contributed by atoms with Crippen LogP contribution in [0.3, 0.4) is 0 Å². The smallest absolute Gasteiger partial charge is 0.0491 e. The largest absolute Gasteiger partial charge is 0.340 e. The molecule has 3 heteroatoms. The number of unbranched alkanes of at least 4 members (excludes halogenated alkanes) is 2. The Hall–Kier alpha value is -3.40. The van der Waals surface area contributed by atoms with Gasteiger partial charge in [-0.25, -0.2) is 0 Å². The van der Waals surface area contributed by atoms with Crippen LogP contribution in [0.15, 0.2) is 109 Å². The van der Waals surface area contributed by atoms with Gasteiger partial charge in [-0.05, 0) is 62.0 Å². The summed E-state index contributed by atoms with van der Waals surface area (Å²) in [6.45, 7) is 8.42. The summed E-state index contributed by atoms with van der Waals surface area (Å²) in [6, 6.07) is 39.8. The van der Waals surface area contributed by atoms with Crippen molar-refractivity contribution in [3.05, 3.63) is 120 Å². The van der Waals surface area contributed by atoms with Gasteiger partial charge in [0.25, 0.3) is 0 Å². The van der Waals surface area contributed by atoms with Crippen molar-refractivity contribution in [2.45, 2.75) is 44.6 Å². The molecule has 1 aliphatic rings. The van der Waals surface area contributed by atoms with Gasteiger partial charge in [0.05, 0.1) is 0 Å². The number of hydrogen-bond donors (Lipinski definition) is 0. The second kappa shape index (κ2) is 13.3. The van der Waals surface area contributed by atoms with Crippen molar-refractivity contribution in [2.75, 3.05) is 39.3 Å². The zero-order chi connectivity index (χ0) is 27.0. The highest BCUT2D eigenvalue weighted by molar-refractivity contribution is 6.07. The van der Waals surface area contributed by atoms with E-state index in [-0.39, 0.29) is 0 Å². The minimum Gasteiger partial charge on any atom is -0.340 e. The molecule has 1 aliphatic heterocycles. The third-order valence-electron chi connectivity index (χ3n) is 8.87. The second-order valence-electron chi connectivity index (χ2n) is 11.4. The summed E-state index contributed by atoms with van der Waals surface area (Å²) in [7, 11) is 0. The Balaban J connectivity index is 0.918. The number of piperazine rings is 1. The lowest BCUT2D eigenvalue weighted by Gasteiger charge is -2.34. The quantitative estimate of drug-likeness (QED) is 0.151. The first-order chi connectivity index (χ1) is 19.9. The van der Waals surface area contributed by atoms with Crippen LogP contribution in [0.25, 0.3) is 21.8 Å². The summed E-state index contributed by atoms with van der Waals surface area (Å²) in [5.74, 6) is 0.502. The van der Waals surface area contributed by atoms with Gasteiger partial charge in [0.15, 0.2) is 0 Å². The van der Waals surface area contributed by atoms with Gasteiger partial charge in [-0.15, -0.1) is 0 Å². The van der Waals surface area contributed by atoms with E-state index in [1.165, 1.54) is 104 Å². The molecule has 6 rings (SSSR count). The fourth-order valence-electron chi connectivity index (χ4n) is 6.67. The van der Waals surface area contributed by atoms with Crippen molar-refractivity contribution >= 4 is 21.8 Å². The molecule has 40 heavy (non-hydrogen) atoms. The summed E-state index contributed by atoms with van der Waals surface area (Å²) in [5.41, 5.74) is 5.63. The summed E-state index contributed by atoms with van der Waals surface area (Å²) >= 11 is 0. The number of fused-ring (bicyclic) bond motifs is 3. The zero-order valence-electron chi connectivity index (χ0n) is 23.8. The van der Waals surface area contributed by atoms with Crippen LogP contribution in [0.1, 0.15) is 49.1 Å². The Bertz CT molecular complexity index is 1370. The van der Waals surface area contributed by atoms with Crippen LogP contribution in [-0.4, -0.2) is 53.6 Å². The first-order valence-corrected chi connectivity index (χ1v) is 15.4. The fourth-order valence-corrected chi connectivity index (χ4v) is 6.67. The van der Waals surface area contributed by atoms with Crippen LogP contribution in [0.5, 0.6) is 0 Å². The fraction of sp³-hybridized carbons (Fsp3) is 0.351. The summed E-state index contributed by atoms with van der Waals surface area (Å²) < 4.78 is 2.53. The van der Waals surface area contributed by atoms with Crippen LogP contribution in [-0.2, 0) is 6.54 Å². The highest BCUT2D eigenvalue weighted by Crippen LogP contribution is 2.30. The molecule has 2 heterocycles. The normalized spacial score (nSPS) is 14.9. The SMILES string of the molecule is c1ccc(C(CCCCN2CCN(CCCCn3c4ccccc4c4ccccc43)CC2)c2ccccc2)cc1. The Kier molecular flexibility index (Phi) is 8.91. The molecule has 1 saturated heterocycles. The van der Waals surface area contributed by atoms with Gasteiger partial charge in [-0.2, -0.15) is 0 Å². The molecule has 0 atom stereocenters. The van der Waals surface area contributed by atoms with Crippen LogP contribution in [0, 0.1) is 0 Å². The summed E-state index contributed by atoms with van der Waals surface area (Å²) in [5, 5.41) is 2.76. The van der Waals surface area contributed by atoms with Crippen LogP contribution in [0.2, 0.25) is 0 Å². The maximum atomic E-state index is 2.69. The molecule has 0 amide bonds. The second-order valence-corrected chi connectivity index (χ2v) is 11.4. The predicted octanol–water partition coefficient (Wildman–Crippen LogP) is 8.19. The van der Waals surface area contributed by atoms with E-state index in [1.54, 1.807) is 0 Å². The molecular formula is C37H43N3. The molecule has 3 nitrogen and oxygen atoms in total. The van der Waals surface area contributed by atoms with E-state index in [2.05, 4.69) is 124 Å². The van der Waals surface area contributed by atoms with E-state index in [0.717, 1.165) is 6.54 Å². The van der Waals surface area contributed by atoms with E-state index >= 15 is 0 Å². The van der Waals surface area contributed by atoms with Crippen molar-refractivity contribution in [1.82, 2.24) is 14.4 Å². The van der Waals surface area contributed by atoms with Crippen molar-refractivity contribution in [3.63, 3.8) is 0 Å². The van der Waals surface area contributed by atoms with Crippen LogP contribution < -0.4 is 0 Å². The number of aromatic nitrogens is 1. The zero-order valence-corrected chi connectivity index (χ0v) is 23.8. The maximum absolute atomic E-state index is 2.69. The van der Waals surface area contributed by atoms with Crippen LogP contribution >= 0.6 is 0 Å². The van der Waals surface area contributed by atoms with Gasteiger partial charge in [0, 0.05) is 60.4 Å². The molecule has 0 aliphatic carbocycles. The van der Waals surface area contributed by atoms with Crippen molar-refractivity contribution in [3.8, 4) is 0 Å². The minimum absolute atomic E-state index is 0.502.